The first kappa shape index (κ1) is 12.4. The number of hydrogen-bond acceptors (Lipinski definition) is 1. The van der Waals surface area contributed by atoms with Crippen molar-refractivity contribution in [1.82, 2.24) is 0 Å². The van der Waals surface area contributed by atoms with E-state index in [1.807, 2.05) is 50.2 Å². The Kier molecular flexibility index (Phi) is 3.78. The van der Waals surface area contributed by atoms with Crippen LogP contribution in [0.1, 0.15) is 13.8 Å². The summed E-state index contributed by atoms with van der Waals surface area (Å²) in [4.78, 5) is 4.53. The minimum atomic E-state index is 0.258. The van der Waals surface area contributed by atoms with E-state index in [1.54, 1.807) is 0 Å². The Morgan fingerprint density at radius 3 is 2.22 bits per heavy atom. The van der Waals surface area contributed by atoms with E-state index in [4.69, 9.17) is 5.73 Å². The maximum atomic E-state index is 5.95. The molecule has 0 radical (unpaired) electrons. The van der Waals surface area contributed by atoms with Crippen molar-refractivity contribution >= 4 is 11.5 Å². The number of nitrogens with two attached hydrogens (primary N) is 1. The van der Waals surface area contributed by atoms with Crippen LogP contribution in [-0.4, -0.2) is 5.84 Å². The molecule has 0 aliphatic heterocycles. The lowest BCUT2D eigenvalue weighted by atomic mass is 10.0. The normalized spacial score (nSPS) is 11.8. The van der Waals surface area contributed by atoms with Crippen LogP contribution in [0, 0.1) is 5.92 Å². The summed E-state index contributed by atoms with van der Waals surface area (Å²) in [6.45, 7) is 4.09. The van der Waals surface area contributed by atoms with E-state index in [-0.39, 0.29) is 5.92 Å². The molecule has 2 aromatic carbocycles. The lowest BCUT2D eigenvalue weighted by molar-refractivity contribution is 0.873. The molecule has 2 aromatic rings. The molecule has 0 saturated carbocycles. The molecular formula is C16H18N2. The number of para-hydroxylation sites is 1. The van der Waals surface area contributed by atoms with Gasteiger partial charge in [-0.15, -0.1) is 0 Å². The Morgan fingerprint density at radius 2 is 1.56 bits per heavy atom. The highest BCUT2D eigenvalue weighted by atomic mass is 14.9. The van der Waals surface area contributed by atoms with E-state index in [0.29, 0.717) is 5.84 Å². The van der Waals surface area contributed by atoms with Crippen LogP contribution < -0.4 is 5.73 Å². The van der Waals surface area contributed by atoms with Gasteiger partial charge in [0.25, 0.3) is 0 Å². The average Bonchev–Trinajstić information content (AvgIpc) is 2.40. The van der Waals surface area contributed by atoms with E-state index < -0.39 is 0 Å². The number of benzene rings is 2. The minimum Gasteiger partial charge on any atom is -0.387 e. The third-order valence-corrected chi connectivity index (χ3v) is 2.83. The van der Waals surface area contributed by atoms with Crippen molar-refractivity contribution in [3.63, 3.8) is 0 Å². The van der Waals surface area contributed by atoms with Gasteiger partial charge in [-0.25, -0.2) is 4.99 Å². The Bertz CT molecular complexity index is 542. The molecule has 0 saturated heterocycles. The number of rotatable bonds is 3. The highest BCUT2D eigenvalue weighted by molar-refractivity contribution is 5.88. The van der Waals surface area contributed by atoms with Gasteiger partial charge in [-0.2, -0.15) is 0 Å². The summed E-state index contributed by atoms with van der Waals surface area (Å²) in [5, 5.41) is 0. The molecule has 92 valence electrons. The first-order valence-corrected chi connectivity index (χ1v) is 6.17. The molecule has 0 fully saturated rings. The molecule has 0 atom stereocenters. The molecular weight excluding hydrogens is 220 g/mol. The van der Waals surface area contributed by atoms with Crippen molar-refractivity contribution < 1.29 is 0 Å². The number of aliphatic imine (C=N–C) groups is 1. The van der Waals surface area contributed by atoms with Crippen LogP contribution in [0.15, 0.2) is 59.6 Å². The van der Waals surface area contributed by atoms with Gasteiger partial charge in [0.15, 0.2) is 0 Å². The molecule has 2 N–H and O–H groups in total. The molecule has 0 spiro atoms. The van der Waals surface area contributed by atoms with Crippen LogP contribution in [0.2, 0.25) is 0 Å². The van der Waals surface area contributed by atoms with Crippen molar-refractivity contribution in [1.29, 1.82) is 0 Å². The van der Waals surface area contributed by atoms with Crippen molar-refractivity contribution in [2.45, 2.75) is 13.8 Å². The standard InChI is InChI=1S/C16H18N2/c1-12(2)16(17)18-15-11-7-6-10-14(15)13-8-4-3-5-9-13/h3-12H,1-2H3,(H2,17,18). The number of amidine groups is 1. The Hall–Kier alpha value is -2.09. The number of nitrogens with zero attached hydrogens (tertiary/aromatic N) is 1. The van der Waals surface area contributed by atoms with E-state index in [1.165, 1.54) is 0 Å². The highest BCUT2D eigenvalue weighted by Gasteiger charge is 2.05. The zero-order chi connectivity index (χ0) is 13.0. The Morgan fingerprint density at radius 1 is 0.944 bits per heavy atom. The minimum absolute atomic E-state index is 0.258. The molecule has 0 aliphatic rings. The zero-order valence-electron chi connectivity index (χ0n) is 10.8. The summed E-state index contributed by atoms with van der Waals surface area (Å²) >= 11 is 0. The quantitative estimate of drug-likeness (QED) is 0.637. The van der Waals surface area contributed by atoms with Gasteiger partial charge in [0.1, 0.15) is 5.84 Å². The fourth-order valence-electron chi connectivity index (χ4n) is 1.70. The second-order valence-corrected chi connectivity index (χ2v) is 4.57. The molecule has 0 bridgehead atoms. The van der Waals surface area contributed by atoms with Crippen LogP contribution in [0.3, 0.4) is 0 Å². The van der Waals surface area contributed by atoms with Gasteiger partial charge >= 0.3 is 0 Å². The van der Waals surface area contributed by atoms with E-state index >= 15 is 0 Å². The summed E-state index contributed by atoms with van der Waals surface area (Å²) in [5.74, 6) is 0.923. The SMILES string of the molecule is CC(C)C(N)=Nc1ccccc1-c1ccccc1. The van der Waals surface area contributed by atoms with Gasteiger partial charge in [0.2, 0.25) is 0 Å². The summed E-state index contributed by atoms with van der Waals surface area (Å²) < 4.78 is 0. The maximum Gasteiger partial charge on any atom is 0.102 e. The second kappa shape index (κ2) is 5.50. The summed E-state index contributed by atoms with van der Waals surface area (Å²) in [5.41, 5.74) is 9.14. The fourth-order valence-corrected chi connectivity index (χ4v) is 1.70. The zero-order valence-corrected chi connectivity index (χ0v) is 10.8. The monoisotopic (exact) mass is 238 g/mol. The lowest BCUT2D eigenvalue weighted by Crippen LogP contribution is -2.18. The van der Waals surface area contributed by atoms with Gasteiger partial charge < -0.3 is 5.73 Å². The number of hydrogen-bond donors (Lipinski definition) is 1. The molecule has 2 heteroatoms. The molecule has 0 unspecified atom stereocenters. The lowest BCUT2D eigenvalue weighted by Gasteiger charge is -2.08. The molecule has 18 heavy (non-hydrogen) atoms. The first-order chi connectivity index (χ1) is 8.68. The van der Waals surface area contributed by atoms with Gasteiger partial charge in [0.05, 0.1) is 5.69 Å². The highest BCUT2D eigenvalue weighted by Crippen LogP contribution is 2.29. The second-order valence-electron chi connectivity index (χ2n) is 4.57. The van der Waals surface area contributed by atoms with Crippen LogP contribution >= 0.6 is 0 Å². The molecule has 0 heterocycles. The van der Waals surface area contributed by atoms with Crippen molar-refractivity contribution in [2.75, 3.05) is 0 Å². The summed E-state index contributed by atoms with van der Waals surface area (Å²) in [6.07, 6.45) is 0. The Labute approximate surface area is 108 Å². The van der Waals surface area contributed by atoms with E-state index in [0.717, 1.165) is 16.8 Å². The predicted octanol–water partition coefficient (Wildman–Crippen LogP) is 4.00. The first-order valence-electron chi connectivity index (χ1n) is 6.17. The van der Waals surface area contributed by atoms with Gasteiger partial charge in [-0.3, -0.25) is 0 Å². The fraction of sp³-hybridized carbons (Fsp3) is 0.188. The smallest absolute Gasteiger partial charge is 0.102 e. The topological polar surface area (TPSA) is 38.4 Å². The van der Waals surface area contributed by atoms with Crippen LogP contribution in [0.5, 0.6) is 0 Å². The van der Waals surface area contributed by atoms with Crippen molar-refractivity contribution in [2.24, 2.45) is 16.6 Å². The predicted molar refractivity (Wildman–Crippen MR) is 78.0 cm³/mol. The third kappa shape index (κ3) is 2.77. The molecule has 2 nitrogen and oxygen atoms in total. The summed E-state index contributed by atoms with van der Waals surface area (Å²) in [7, 11) is 0. The van der Waals surface area contributed by atoms with Crippen molar-refractivity contribution in [3.05, 3.63) is 54.6 Å². The molecule has 0 aromatic heterocycles. The van der Waals surface area contributed by atoms with Crippen molar-refractivity contribution in [3.8, 4) is 11.1 Å². The van der Waals surface area contributed by atoms with Crippen LogP contribution in [0.4, 0.5) is 5.69 Å². The Balaban J connectivity index is 2.47. The maximum absolute atomic E-state index is 5.95. The molecule has 2 rings (SSSR count). The van der Waals surface area contributed by atoms with Crippen LogP contribution in [0.25, 0.3) is 11.1 Å². The summed E-state index contributed by atoms with van der Waals surface area (Å²) in [6, 6.07) is 18.3. The van der Waals surface area contributed by atoms with Gasteiger partial charge in [-0.05, 0) is 11.6 Å². The largest absolute Gasteiger partial charge is 0.387 e. The van der Waals surface area contributed by atoms with Gasteiger partial charge in [-0.1, -0.05) is 62.4 Å². The third-order valence-electron chi connectivity index (χ3n) is 2.83. The van der Waals surface area contributed by atoms with Crippen LogP contribution in [-0.2, 0) is 0 Å². The van der Waals surface area contributed by atoms with E-state index in [9.17, 15) is 0 Å². The van der Waals surface area contributed by atoms with Gasteiger partial charge in [0, 0.05) is 11.5 Å². The molecule has 0 aliphatic carbocycles. The van der Waals surface area contributed by atoms with E-state index in [2.05, 4.69) is 23.2 Å². The molecule has 0 amide bonds. The average molecular weight is 238 g/mol.